The molecule has 0 radical (unpaired) electrons. The molecule has 0 N–H and O–H groups in total. The Balaban J connectivity index is 1.44. The minimum Gasteiger partial charge on any atom is -0.497 e. The average molecular weight is 357 g/mol. The third-order valence-electron chi connectivity index (χ3n) is 4.61. The van der Waals surface area contributed by atoms with Gasteiger partial charge >= 0.3 is 0 Å². The van der Waals surface area contributed by atoms with Gasteiger partial charge in [0.1, 0.15) is 10.8 Å². The Morgan fingerprint density at radius 2 is 2.08 bits per heavy atom. The van der Waals surface area contributed by atoms with E-state index in [-0.39, 0.29) is 5.91 Å². The molecular weight excluding hydrogens is 338 g/mol. The molecule has 3 aromatic rings. The molecule has 1 aromatic carbocycles. The number of hydrogen-bond acceptors (Lipinski definition) is 6. The van der Waals surface area contributed by atoms with Gasteiger partial charge in [-0.15, -0.1) is 10.2 Å². The Morgan fingerprint density at radius 1 is 1.28 bits per heavy atom. The zero-order chi connectivity index (χ0) is 17.4. The second-order valence-electron chi connectivity index (χ2n) is 6.18. The minimum atomic E-state index is 0.0614. The predicted octanol–water partition coefficient (Wildman–Crippen LogP) is 2.52. The molecule has 1 amide bonds. The summed E-state index contributed by atoms with van der Waals surface area (Å²) in [4.78, 5) is 15.4. The van der Waals surface area contributed by atoms with Gasteiger partial charge in [0.25, 0.3) is 5.91 Å². The highest BCUT2D eigenvalue weighted by molar-refractivity contribution is 7.16. The Morgan fingerprint density at radius 3 is 2.80 bits per heavy atom. The van der Waals surface area contributed by atoms with Gasteiger partial charge in [-0.05, 0) is 38.0 Å². The van der Waals surface area contributed by atoms with Crippen molar-refractivity contribution in [1.29, 1.82) is 0 Å². The van der Waals surface area contributed by atoms with Crippen LogP contribution < -0.4 is 4.74 Å². The molecule has 0 unspecified atom stereocenters. The van der Waals surface area contributed by atoms with Crippen LogP contribution in [0.2, 0.25) is 0 Å². The van der Waals surface area contributed by atoms with Gasteiger partial charge in [0.05, 0.1) is 7.11 Å². The van der Waals surface area contributed by atoms with Gasteiger partial charge in [-0.2, -0.15) is 9.61 Å². The molecule has 130 valence electrons. The molecule has 0 atom stereocenters. The number of amides is 1. The predicted molar refractivity (Wildman–Crippen MR) is 94.3 cm³/mol. The molecule has 3 heterocycles. The highest BCUT2D eigenvalue weighted by atomic mass is 32.1. The topological polar surface area (TPSA) is 72.6 Å². The van der Waals surface area contributed by atoms with Gasteiger partial charge in [-0.3, -0.25) is 4.79 Å². The molecule has 0 saturated carbocycles. The fourth-order valence-electron chi connectivity index (χ4n) is 3.16. The largest absolute Gasteiger partial charge is 0.497 e. The smallest absolute Gasteiger partial charge is 0.253 e. The van der Waals surface area contributed by atoms with Crippen molar-refractivity contribution in [3.63, 3.8) is 0 Å². The summed E-state index contributed by atoms with van der Waals surface area (Å²) < 4.78 is 7.01. The first-order valence-electron chi connectivity index (χ1n) is 8.28. The monoisotopic (exact) mass is 357 g/mol. The molecule has 7 nitrogen and oxygen atoms in total. The van der Waals surface area contributed by atoms with Crippen LogP contribution >= 0.6 is 11.3 Å². The van der Waals surface area contributed by atoms with Crippen molar-refractivity contribution in [1.82, 2.24) is 24.7 Å². The third kappa shape index (κ3) is 2.97. The number of likely N-dealkylation sites (tertiary alicyclic amines) is 1. The van der Waals surface area contributed by atoms with E-state index in [9.17, 15) is 4.79 Å². The molecule has 1 saturated heterocycles. The first-order chi connectivity index (χ1) is 12.2. The fourth-order valence-corrected chi connectivity index (χ4v) is 4.22. The molecule has 8 heteroatoms. The van der Waals surface area contributed by atoms with Crippen LogP contribution in [0.25, 0.3) is 4.96 Å². The molecule has 25 heavy (non-hydrogen) atoms. The van der Waals surface area contributed by atoms with Crippen molar-refractivity contribution in [3.8, 4) is 5.75 Å². The van der Waals surface area contributed by atoms with Crippen LogP contribution in [-0.2, 0) is 0 Å². The van der Waals surface area contributed by atoms with E-state index in [2.05, 4.69) is 15.3 Å². The summed E-state index contributed by atoms with van der Waals surface area (Å²) in [5, 5.41) is 13.9. The summed E-state index contributed by atoms with van der Waals surface area (Å²) in [7, 11) is 1.61. The van der Waals surface area contributed by atoms with Crippen LogP contribution in [0.15, 0.2) is 24.3 Å². The maximum absolute atomic E-state index is 12.7. The summed E-state index contributed by atoms with van der Waals surface area (Å²) in [6, 6.07) is 7.32. The second kappa shape index (κ2) is 6.44. The van der Waals surface area contributed by atoms with E-state index in [0.717, 1.165) is 41.7 Å². The number of nitrogens with zero attached hydrogens (tertiary/aromatic N) is 5. The van der Waals surface area contributed by atoms with Crippen molar-refractivity contribution in [3.05, 3.63) is 40.7 Å². The van der Waals surface area contributed by atoms with Crippen molar-refractivity contribution < 1.29 is 9.53 Å². The molecule has 1 aliphatic heterocycles. The third-order valence-corrected chi connectivity index (χ3v) is 5.67. The standard InChI is InChI=1S/C17H19N5O2S/c1-11-18-19-17-22(11)20-15(25-17)12-6-8-21(9-7-12)16(23)13-4-3-5-14(10-13)24-2/h3-5,10,12H,6-9H2,1-2H3. The summed E-state index contributed by atoms with van der Waals surface area (Å²) in [6.07, 6.45) is 1.83. The molecule has 4 rings (SSSR count). The second-order valence-corrected chi connectivity index (χ2v) is 7.17. The van der Waals surface area contributed by atoms with Crippen LogP contribution in [0.4, 0.5) is 0 Å². The SMILES string of the molecule is COc1cccc(C(=O)N2CCC(c3nn4c(C)nnc4s3)CC2)c1. The number of aromatic nitrogens is 4. The quantitative estimate of drug-likeness (QED) is 0.720. The van der Waals surface area contributed by atoms with E-state index >= 15 is 0 Å². The number of rotatable bonds is 3. The first-order valence-corrected chi connectivity index (χ1v) is 9.09. The Labute approximate surface area is 149 Å². The van der Waals surface area contributed by atoms with Gasteiger partial charge in [-0.1, -0.05) is 17.4 Å². The number of ether oxygens (including phenoxy) is 1. The highest BCUT2D eigenvalue weighted by Gasteiger charge is 2.27. The lowest BCUT2D eigenvalue weighted by Gasteiger charge is -2.31. The number of methoxy groups -OCH3 is 1. The lowest BCUT2D eigenvalue weighted by Crippen LogP contribution is -2.37. The maximum Gasteiger partial charge on any atom is 0.253 e. The van der Waals surface area contributed by atoms with E-state index < -0.39 is 0 Å². The number of piperidine rings is 1. The molecule has 0 aliphatic carbocycles. The van der Waals surface area contributed by atoms with Crippen LogP contribution in [0.3, 0.4) is 0 Å². The van der Waals surface area contributed by atoms with Crippen LogP contribution in [0, 0.1) is 6.92 Å². The van der Waals surface area contributed by atoms with Gasteiger partial charge in [-0.25, -0.2) is 0 Å². The van der Waals surface area contributed by atoms with Crippen molar-refractivity contribution in [2.75, 3.05) is 20.2 Å². The molecule has 1 aliphatic rings. The van der Waals surface area contributed by atoms with Gasteiger partial charge in [0.2, 0.25) is 4.96 Å². The maximum atomic E-state index is 12.7. The van der Waals surface area contributed by atoms with E-state index in [4.69, 9.17) is 4.74 Å². The zero-order valence-electron chi connectivity index (χ0n) is 14.2. The number of fused-ring (bicyclic) bond motifs is 1. The van der Waals surface area contributed by atoms with Gasteiger partial charge < -0.3 is 9.64 Å². The van der Waals surface area contributed by atoms with Crippen molar-refractivity contribution >= 4 is 22.2 Å². The van der Waals surface area contributed by atoms with Crippen LogP contribution in [0.5, 0.6) is 5.75 Å². The van der Waals surface area contributed by atoms with Crippen molar-refractivity contribution in [2.45, 2.75) is 25.7 Å². The van der Waals surface area contributed by atoms with E-state index in [1.54, 1.807) is 29.0 Å². The average Bonchev–Trinajstić information content (AvgIpc) is 3.23. The lowest BCUT2D eigenvalue weighted by atomic mass is 9.97. The summed E-state index contributed by atoms with van der Waals surface area (Å²) in [6.45, 7) is 3.37. The minimum absolute atomic E-state index is 0.0614. The highest BCUT2D eigenvalue weighted by Crippen LogP contribution is 2.31. The number of benzene rings is 1. The van der Waals surface area contributed by atoms with E-state index in [1.807, 2.05) is 30.0 Å². The Hall–Kier alpha value is -2.48. The first kappa shape index (κ1) is 16.0. The number of hydrogen-bond donors (Lipinski definition) is 0. The van der Waals surface area contributed by atoms with Crippen molar-refractivity contribution in [2.24, 2.45) is 0 Å². The summed E-state index contributed by atoms with van der Waals surface area (Å²) >= 11 is 1.59. The Bertz CT molecular complexity index is 911. The zero-order valence-corrected chi connectivity index (χ0v) is 15.0. The molecule has 0 spiro atoms. The summed E-state index contributed by atoms with van der Waals surface area (Å²) in [5.41, 5.74) is 0.673. The van der Waals surface area contributed by atoms with Crippen LogP contribution in [0.1, 0.15) is 39.9 Å². The van der Waals surface area contributed by atoms with Gasteiger partial charge in [0.15, 0.2) is 5.82 Å². The van der Waals surface area contributed by atoms with E-state index in [0.29, 0.717) is 17.2 Å². The fraction of sp³-hybridized carbons (Fsp3) is 0.412. The number of aryl methyl sites for hydroxylation is 1. The normalized spacial score (nSPS) is 15.7. The summed E-state index contributed by atoms with van der Waals surface area (Å²) in [5.74, 6) is 1.95. The molecule has 0 bridgehead atoms. The molecular formula is C17H19N5O2S. The van der Waals surface area contributed by atoms with E-state index in [1.165, 1.54) is 0 Å². The molecule has 2 aromatic heterocycles. The number of carbonyl (C=O) groups is 1. The molecule has 1 fully saturated rings. The van der Waals surface area contributed by atoms with Gasteiger partial charge in [0, 0.05) is 24.6 Å². The van der Waals surface area contributed by atoms with Crippen LogP contribution in [-0.4, -0.2) is 50.8 Å². The number of carbonyl (C=O) groups excluding carboxylic acids is 1. The lowest BCUT2D eigenvalue weighted by molar-refractivity contribution is 0.0712. The Kier molecular flexibility index (Phi) is 4.12.